The summed E-state index contributed by atoms with van der Waals surface area (Å²) >= 11 is 0. The fourth-order valence-electron chi connectivity index (χ4n) is 1.86. The molecule has 0 bridgehead atoms. The van der Waals surface area contributed by atoms with E-state index >= 15 is 0 Å². The van der Waals surface area contributed by atoms with Gasteiger partial charge in [0.25, 0.3) is 0 Å². The molecular weight excluding hydrogens is 204 g/mol. The Kier molecular flexibility index (Phi) is 3.13. The van der Waals surface area contributed by atoms with Crippen LogP contribution in [0.3, 0.4) is 0 Å². The second-order valence-corrected chi connectivity index (χ2v) is 3.94. The Morgan fingerprint density at radius 1 is 1.56 bits per heavy atom. The van der Waals surface area contributed by atoms with Gasteiger partial charge in [0.1, 0.15) is 5.75 Å². The Bertz CT molecular complexity index is 398. The van der Waals surface area contributed by atoms with Gasteiger partial charge in [-0.1, -0.05) is 12.1 Å². The molecule has 0 radical (unpaired) electrons. The number of hydrogen-bond acceptors (Lipinski definition) is 3. The molecular formula is C13H16O3. The molecule has 0 aromatic heterocycles. The minimum atomic E-state index is -0.227. The average Bonchev–Trinajstić information content (AvgIpc) is 2.75. The van der Waals surface area contributed by atoms with E-state index in [1.807, 2.05) is 32.0 Å². The van der Waals surface area contributed by atoms with Gasteiger partial charge in [-0.05, 0) is 31.0 Å². The maximum Gasteiger partial charge on any atom is 0.313 e. The van der Waals surface area contributed by atoms with Crippen LogP contribution in [0.1, 0.15) is 30.9 Å². The predicted molar refractivity (Wildman–Crippen MR) is 60.7 cm³/mol. The Morgan fingerprint density at radius 2 is 2.38 bits per heavy atom. The van der Waals surface area contributed by atoms with E-state index in [-0.39, 0.29) is 11.9 Å². The van der Waals surface area contributed by atoms with Crippen molar-refractivity contribution in [3.63, 3.8) is 0 Å². The molecule has 0 amide bonds. The van der Waals surface area contributed by atoms with Crippen LogP contribution in [-0.2, 0) is 16.0 Å². The van der Waals surface area contributed by atoms with Gasteiger partial charge in [0.2, 0.25) is 0 Å². The third kappa shape index (κ3) is 2.03. The van der Waals surface area contributed by atoms with E-state index in [0.29, 0.717) is 6.61 Å². The van der Waals surface area contributed by atoms with Gasteiger partial charge >= 0.3 is 5.97 Å². The summed E-state index contributed by atoms with van der Waals surface area (Å²) in [6.45, 7) is 4.84. The van der Waals surface area contributed by atoms with Crippen LogP contribution in [0.5, 0.6) is 5.75 Å². The number of esters is 1. The molecule has 1 heterocycles. The summed E-state index contributed by atoms with van der Waals surface area (Å²) in [4.78, 5) is 11.6. The third-order valence-electron chi connectivity index (χ3n) is 2.86. The third-order valence-corrected chi connectivity index (χ3v) is 2.86. The van der Waals surface area contributed by atoms with Crippen molar-refractivity contribution in [2.24, 2.45) is 0 Å². The van der Waals surface area contributed by atoms with Gasteiger partial charge in [-0.25, -0.2) is 0 Å². The van der Waals surface area contributed by atoms with Crippen LogP contribution in [0.15, 0.2) is 18.2 Å². The summed E-state index contributed by atoms with van der Waals surface area (Å²) in [6.07, 6.45) is 0.962. The van der Waals surface area contributed by atoms with E-state index in [0.717, 1.165) is 24.3 Å². The van der Waals surface area contributed by atoms with Crippen LogP contribution < -0.4 is 4.74 Å². The summed E-state index contributed by atoms with van der Waals surface area (Å²) in [7, 11) is 0. The Morgan fingerprint density at radius 3 is 3.12 bits per heavy atom. The first kappa shape index (κ1) is 11.0. The molecule has 0 saturated carbocycles. The maximum atomic E-state index is 11.6. The van der Waals surface area contributed by atoms with E-state index in [9.17, 15) is 4.79 Å². The molecule has 16 heavy (non-hydrogen) atoms. The number of hydrogen-bond donors (Lipinski definition) is 0. The molecule has 0 spiro atoms. The lowest BCUT2D eigenvalue weighted by Gasteiger charge is -2.11. The van der Waals surface area contributed by atoms with E-state index < -0.39 is 0 Å². The van der Waals surface area contributed by atoms with Crippen molar-refractivity contribution in [1.29, 1.82) is 0 Å². The molecule has 0 N–H and O–H groups in total. The molecule has 1 aliphatic heterocycles. The van der Waals surface area contributed by atoms with Gasteiger partial charge in [-0.15, -0.1) is 0 Å². The molecule has 0 fully saturated rings. The van der Waals surface area contributed by atoms with Crippen molar-refractivity contribution < 1.29 is 14.3 Å². The second kappa shape index (κ2) is 4.56. The number of carbonyl (C=O) groups is 1. The number of benzene rings is 1. The Balaban J connectivity index is 2.18. The van der Waals surface area contributed by atoms with Crippen molar-refractivity contribution in [2.45, 2.75) is 26.2 Å². The van der Waals surface area contributed by atoms with Gasteiger partial charge in [0.05, 0.1) is 19.1 Å². The van der Waals surface area contributed by atoms with E-state index in [1.165, 1.54) is 5.56 Å². The number of rotatable bonds is 3. The summed E-state index contributed by atoms with van der Waals surface area (Å²) < 4.78 is 10.5. The van der Waals surface area contributed by atoms with Crippen LogP contribution in [0.2, 0.25) is 0 Å². The lowest BCUT2D eigenvalue weighted by Crippen LogP contribution is -2.12. The van der Waals surface area contributed by atoms with Crippen LogP contribution in [-0.4, -0.2) is 19.2 Å². The van der Waals surface area contributed by atoms with Gasteiger partial charge < -0.3 is 9.47 Å². The predicted octanol–water partition coefficient (Wildman–Crippen LogP) is 2.29. The molecule has 86 valence electrons. The molecule has 1 atom stereocenters. The quantitative estimate of drug-likeness (QED) is 0.733. The van der Waals surface area contributed by atoms with Crippen molar-refractivity contribution >= 4 is 5.97 Å². The average molecular weight is 220 g/mol. The highest BCUT2D eigenvalue weighted by atomic mass is 16.5. The summed E-state index contributed by atoms with van der Waals surface area (Å²) in [5.41, 5.74) is 2.18. The molecule has 2 rings (SSSR count). The zero-order valence-corrected chi connectivity index (χ0v) is 9.66. The number of fused-ring (bicyclic) bond motifs is 1. The Hall–Kier alpha value is -1.51. The van der Waals surface area contributed by atoms with Crippen molar-refractivity contribution in [3.8, 4) is 5.75 Å². The fraction of sp³-hybridized carbons (Fsp3) is 0.462. The highest BCUT2D eigenvalue weighted by molar-refractivity contribution is 5.77. The van der Waals surface area contributed by atoms with E-state index in [4.69, 9.17) is 9.47 Å². The fourth-order valence-corrected chi connectivity index (χ4v) is 1.86. The Labute approximate surface area is 95.4 Å². The largest absolute Gasteiger partial charge is 0.493 e. The van der Waals surface area contributed by atoms with Crippen LogP contribution in [0.4, 0.5) is 0 Å². The van der Waals surface area contributed by atoms with Gasteiger partial charge in [0.15, 0.2) is 0 Å². The molecule has 1 aromatic rings. The lowest BCUT2D eigenvalue weighted by atomic mass is 9.99. The summed E-state index contributed by atoms with van der Waals surface area (Å²) in [6, 6.07) is 5.96. The molecule has 0 aliphatic carbocycles. The topological polar surface area (TPSA) is 35.5 Å². The second-order valence-electron chi connectivity index (χ2n) is 3.94. The minimum Gasteiger partial charge on any atom is -0.493 e. The van der Waals surface area contributed by atoms with Crippen molar-refractivity contribution in [2.75, 3.05) is 13.2 Å². The first-order valence-electron chi connectivity index (χ1n) is 5.64. The lowest BCUT2D eigenvalue weighted by molar-refractivity contribution is -0.144. The SMILES string of the molecule is CCOC(=O)C(C)c1ccc2c(c1)OCC2. The monoisotopic (exact) mass is 220 g/mol. The zero-order chi connectivity index (χ0) is 11.5. The van der Waals surface area contributed by atoms with Crippen LogP contribution in [0.25, 0.3) is 0 Å². The zero-order valence-electron chi connectivity index (χ0n) is 9.66. The van der Waals surface area contributed by atoms with Crippen molar-refractivity contribution in [1.82, 2.24) is 0 Å². The number of carbonyl (C=O) groups excluding carboxylic acids is 1. The molecule has 0 saturated heterocycles. The summed E-state index contributed by atoms with van der Waals surface area (Å²) in [5, 5.41) is 0. The first-order valence-corrected chi connectivity index (χ1v) is 5.64. The van der Waals surface area contributed by atoms with Crippen molar-refractivity contribution in [3.05, 3.63) is 29.3 Å². The summed E-state index contributed by atoms with van der Waals surface area (Å²) in [5.74, 6) is 0.503. The van der Waals surface area contributed by atoms with E-state index in [2.05, 4.69) is 0 Å². The molecule has 1 aliphatic rings. The van der Waals surface area contributed by atoms with E-state index in [1.54, 1.807) is 0 Å². The highest BCUT2D eigenvalue weighted by Crippen LogP contribution is 2.29. The highest BCUT2D eigenvalue weighted by Gasteiger charge is 2.19. The maximum absolute atomic E-state index is 11.6. The normalized spacial score (nSPS) is 15.1. The molecule has 1 unspecified atom stereocenters. The van der Waals surface area contributed by atoms with Gasteiger partial charge in [-0.3, -0.25) is 4.79 Å². The molecule has 1 aromatic carbocycles. The van der Waals surface area contributed by atoms with Crippen LogP contribution >= 0.6 is 0 Å². The van der Waals surface area contributed by atoms with Crippen LogP contribution in [0, 0.1) is 0 Å². The molecule has 3 heteroatoms. The van der Waals surface area contributed by atoms with Gasteiger partial charge in [-0.2, -0.15) is 0 Å². The smallest absolute Gasteiger partial charge is 0.313 e. The first-order chi connectivity index (χ1) is 7.72. The molecule has 3 nitrogen and oxygen atoms in total. The standard InChI is InChI=1S/C13H16O3/c1-3-15-13(14)9(2)11-5-4-10-6-7-16-12(10)8-11/h4-5,8-9H,3,6-7H2,1-2H3. The van der Waals surface area contributed by atoms with Gasteiger partial charge in [0, 0.05) is 6.42 Å². The minimum absolute atomic E-state index is 0.180. The number of ether oxygens (including phenoxy) is 2.